The summed E-state index contributed by atoms with van der Waals surface area (Å²) in [4.78, 5) is 14.0. The zero-order valence-corrected chi connectivity index (χ0v) is 12.2. The molecule has 5 heteroatoms. The van der Waals surface area contributed by atoms with Crippen LogP contribution in [0.15, 0.2) is 24.3 Å². The van der Waals surface area contributed by atoms with Crippen molar-refractivity contribution in [3.05, 3.63) is 24.3 Å². The van der Waals surface area contributed by atoms with Gasteiger partial charge in [0.2, 0.25) is 0 Å². The summed E-state index contributed by atoms with van der Waals surface area (Å²) in [6.45, 7) is 0.181. The highest BCUT2D eigenvalue weighted by Crippen LogP contribution is 2.25. The fourth-order valence-corrected chi connectivity index (χ4v) is 2.81. The van der Waals surface area contributed by atoms with Crippen molar-refractivity contribution < 1.29 is 19.7 Å². The number of phenolic OH excluding ortho intramolecular Hbond substituents is 1. The van der Waals surface area contributed by atoms with Gasteiger partial charge in [-0.1, -0.05) is 31.4 Å². The molecule has 0 aliphatic heterocycles. The Kier molecular flexibility index (Phi) is 5.87. The van der Waals surface area contributed by atoms with Crippen LogP contribution in [0.5, 0.6) is 11.5 Å². The second kappa shape index (κ2) is 7.88. The van der Waals surface area contributed by atoms with E-state index in [1.165, 1.54) is 12.5 Å². The highest BCUT2D eigenvalue weighted by molar-refractivity contribution is 5.78. The van der Waals surface area contributed by atoms with Crippen LogP contribution in [0, 0.1) is 0 Å². The van der Waals surface area contributed by atoms with E-state index in [4.69, 9.17) is 4.74 Å². The number of aromatic hydroxyl groups is 1. The number of ether oxygens (including phenoxy) is 1. The zero-order valence-electron chi connectivity index (χ0n) is 12.2. The number of hydrogen-bond acceptors (Lipinski definition) is 4. The minimum absolute atomic E-state index is 0.0247. The summed E-state index contributed by atoms with van der Waals surface area (Å²) in [6.07, 6.45) is 5.44. The van der Waals surface area contributed by atoms with Crippen molar-refractivity contribution in [3.63, 3.8) is 0 Å². The van der Waals surface area contributed by atoms with Crippen molar-refractivity contribution in [2.24, 2.45) is 0 Å². The topological polar surface area (TPSA) is 70.0 Å². The molecule has 0 heterocycles. The minimum atomic E-state index is -0.140. The van der Waals surface area contributed by atoms with Gasteiger partial charge in [0.1, 0.15) is 0 Å². The highest BCUT2D eigenvalue weighted by atomic mass is 16.5. The Balaban J connectivity index is 1.93. The van der Waals surface area contributed by atoms with Gasteiger partial charge in [0.15, 0.2) is 18.1 Å². The number of aliphatic hydroxyl groups excluding tert-OH is 1. The lowest BCUT2D eigenvalue weighted by Crippen LogP contribution is -2.45. The number of benzene rings is 1. The van der Waals surface area contributed by atoms with Crippen molar-refractivity contribution in [2.45, 2.75) is 38.1 Å². The Labute approximate surface area is 125 Å². The van der Waals surface area contributed by atoms with E-state index in [-0.39, 0.29) is 30.9 Å². The first-order valence-corrected chi connectivity index (χ1v) is 7.53. The second-order valence-corrected chi connectivity index (χ2v) is 5.36. The fraction of sp³-hybridized carbons (Fsp3) is 0.562. The molecular weight excluding hydrogens is 270 g/mol. The quantitative estimate of drug-likeness (QED) is 0.841. The molecule has 1 aromatic carbocycles. The lowest BCUT2D eigenvalue weighted by Gasteiger charge is -2.34. The Morgan fingerprint density at radius 3 is 2.62 bits per heavy atom. The van der Waals surface area contributed by atoms with E-state index in [2.05, 4.69) is 0 Å². The zero-order chi connectivity index (χ0) is 15.1. The molecule has 0 saturated heterocycles. The van der Waals surface area contributed by atoms with Crippen LogP contribution in [0.25, 0.3) is 0 Å². The Morgan fingerprint density at radius 1 is 1.24 bits per heavy atom. The van der Waals surface area contributed by atoms with Crippen molar-refractivity contribution in [1.82, 2.24) is 4.90 Å². The van der Waals surface area contributed by atoms with Crippen LogP contribution in [0.2, 0.25) is 0 Å². The molecule has 0 spiro atoms. The molecule has 5 nitrogen and oxygen atoms in total. The molecule has 1 fully saturated rings. The number of aliphatic hydroxyl groups is 1. The van der Waals surface area contributed by atoms with Crippen LogP contribution in [0.3, 0.4) is 0 Å². The summed E-state index contributed by atoms with van der Waals surface area (Å²) in [5, 5.41) is 18.8. The van der Waals surface area contributed by atoms with E-state index in [1.807, 2.05) is 0 Å². The van der Waals surface area contributed by atoms with Gasteiger partial charge in [-0.25, -0.2) is 0 Å². The van der Waals surface area contributed by atoms with E-state index in [0.717, 1.165) is 25.7 Å². The molecule has 1 amide bonds. The summed E-state index contributed by atoms with van der Waals surface area (Å²) in [5.41, 5.74) is 0. The Morgan fingerprint density at radius 2 is 1.95 bits per heavy atom. The van der Waals surface area contributed by atoms with Crippen LogP contribution in [0.1, 0.15) is 32.1 Å². The average molecular weight is 293 g/mol. The first-order valence-electron chi connectivity index (χ1n) is 7.53. The van der Waals surface area contributed by atoms with Gasteiger partial charge in [0, 0.05) is 12.6 Å². The van der Waals surface area contributed by atoms with E-state index in [1.54, 1.807) is 23.1 Å². The molecule has 0 unspecified atom stereocenters. The molecule has 0 bridgehead atoms. The molecule has 1 aromatic rings. The summed E-state index contributed by atoms with van der Waals surface area (Å²) in [6, 6.07) is 6.79. The van der Waals surface area contributed by atoms with Gasteiger partial charge in [-0.05, 0) is 25.0 Å². The maximum Gasteiger partial charge on any atom is 0.260 e. The summed E-state index contributed by atoms with van der Waals surface area (Å²) >= 11 is 0. The van der Waals surface area contributed by atoms with E-state index in [0.29, 0.717) is 12.3 Å². The van der Waals surface area contributed by atoms with Crippen LogP contribution in [-0.2, 0) is 4.79 Å². The fourth-order valence-electron chi connectivity index (χ4n) is 2.81. The molecule has 1 aliphatic rings. The van der Waals surface area contributed by atoms with Crippen molar-refractivity contribution in [1.29, 1.82) is 0 Å². The monoisotopic (exact) mass is 293 g/mol. The Hall–Kier alpha value is -1.75. The summed E-state index contributed by atoms with van der Waals surface area (Å²) in [7, 11) is 0. The van der Waals surface area contributed by atoms with Crippen LogP contribution in [0.4, 0.5) is 0 Å². The predicted molar refractivity (Wildman–Crippen MR) is 79.3 cm³/mol. The second-order valence-electron chi connectivity index (χ2n) is 5.36. The number of phenols is 1. The van der Waals surface area contributed by atoms with Crippen molar-refractivity contribution in [2.75, 3.05) is 19.8 Å². The van der Waals surface area contributed by atoms with Crippen LogP contribution in [-0.4, -0.2) is 46.8 Å². The number of amides is 1. The van der Waals surface area contributed by atoms with Gasteiger partial charge in [0.05, 0.1) is 6.61 Å². The van der Waals surface area contributed by atoms with Crippen molar-refractivity contribution in [3.8, 4) is 11.5 Å². The van der Waals surface area contributed by atoms with Gasteiger partial charge in [-0.15, -0.1) is 0 Å². The third kappa shape index (κ3) is 4.36. The van der Waals surface area contributed by atoms with E-state index in [9.17, 15) is 15.0 Å². The van der Waals surface area contributed by atoms with Crippen LogP contribution >= 0.6 is 0 Å². The smallest absolute Gasteiger partial charge is 0.260 e. The lowest BCUT2D eigenvalue weighted by atomic mass is 9.94. The minimum Gasteiger partial charge on any atom is -0.504 e. The number of hydrogen-bond donors (Lipinski definition) is 2. The Bertz CT molecular complexity index is 457. The molecule has 0 atom stereocenters. The number of rotatable bonds is 6. The van der Waals surface area contributed by atoms with Crippen molar-refractivity contribution >= 4 is 5.91 Å². The van der Waals surface area contributed by atoms with Gasteiger partial charge >= 0.3 is 0 Å². The molecule has 0 aromatic heterocycles. The summed E-state index contributed by atoms with van der Waals surface area (Å²) in [5.74, 6) is 0.189. The highest BCUT2D eigenvalue weighted by Gasteiger charge is 2.25. The predicted octanol–water partition coefficient (Wildman–Crippen LogP) is 1.92. The van der Waals surface area contributed by atoms with E-state index >= 15 is 0 Å². The molecule has 116 valence electrons. The molecule has 21 heavy (non-hydrogen) atoms. The van der Waals surface area contributed by atoms with Crippen LogP contribution < -0.4 is 4.74 Å². The number of carbonyl (C=O) groups excluding carboxylic acids is 1. The SMILES string of the molecule is O=C(COc1ccccc1O)N(CCO)C1CCCCC1. The first-order chi connectivity index (χ1) is 10.2. The molecule has 1 aliphatic carbocycles. The largest absolute Gasteiger partial charge is 0.504 e. The lowest BCUT2D eigenvalue weighted by molar-refractivity contribution is -0.137. The maximum atomic E-state index is 12.3. The standard InChI is InChI=1S/C16H23NO4/c18-11-10-17(13-6-2-1-3-7-13)16(20)12-21-15-9-5-4-8-14(15)19/h4-5,8-9,13,18-19H,1-3,6-7,10-12H2. The molecular formula is C16H23NO4. The third-order valence-corrected chi connectivity index (χ3v) is 3.89. The number of carbonyl (C=O) groups is 1. The first kappa shape index (κ1) is 15.6. The van der Waals surface area contributed by atoms with Gasteiger partial charge in [-0.2, -0.15) is 0 Å². The van der Waals surface area contributed by atoms with Gasteiger partial charge in [-0.3, -0.25) is 4.79 Å². The number of para-hydroxylation sites is 2. The molecule has 1 saturated carbocycles. The molecule has 2 rings (SSSR count). The third-order valence-electron chi connectivity index (χ3n) is 3.89. The van der Waals surface area contributed by atoms with Gasteiger partial charge < -0.3 is 19.8 Å². The maximum absolute atomic E-state index is 12.3. The molecule has 2 N–H and O–H groups in total. The average Bonchev–Trinajstić information content (AvgIpc) is 2.52. The number of nitrogens with zero attached hydrogens (tertiary/aromatic N) is 1. The normalized spacial score (nSPS) is 15.7. The molecule has 0 radical (unpaired) electrons. The van der Waals surface area contributed by atoms with Gasteiger partial charge in [0.25, 0.3) is 5.91 Å². The van der Waals surface area contributed by atoms with E-state index < -0.39 is 0 Å². The summed E-state index contributed by atoms with van der Waals surface area (Å²) < 4.78 is 5.39.